The molecule has 41 heavy (non-hydrogen) atoms. The number of carbonyl (C=O) groups is 1. The van der Waals surface area contributed by atoms with E-state index in [0.717, 1.165) is 38.5 Å². The van der Waals surface area contributed by atoms with Gasteiger partial charge in [-0.05, 0) is 74.2 Å². The highest BCUT2D eigenvalue weighted by Gasteiger charge is 2.30. The van der Waals surface area contributed by atoms with Crippen LogP contribution in [0.15, 0.2) is 99.9 Å². The number of carbonyl (C=O) groups excluding carboxylic acids is 1. The molecule has 5 aromatic rings. The number of aromatic nitrogens is 1. The molecule has 0 aliphatic carbocycles. The number of alkyl halides is 3. The van der Waals surface area contributed by atoms with Crippen LogP contribution in [0.1, 0.15) is 22.4 Å². The van der Waals surface area contributed by atoms with Gasteiger partial charge < -0.3 is 10.1 Å². The summed E-state index contributed by atoms with van der Waals surface area (Å²) in [4.78, 5) is 16.6. The third-order valence-corrected chi connectivity index (χ3v) is 7.38. The maximum absolute atomic E-state index is 12.9. The van der Waals surface area contributed by atoms with Crippen molar-refractivity contribution >= 4 is 61.0 Å². The Morgan fingerprint density at radius 2 is 1.83 bits per heavy atom. The first-order chi connectivity index (χ1) is 19.7. The fourth-order valence-electron chi connectivity index (χ4n) is 4.01. The molecular formula is C30H22BrF3N4O2S. The van der Waals surface area contributed by atoms with E-state index in [0.29, 0.717) is 23.2 Å². The van der Waals surface area contributed by atoms with Gasteiger partial charge in [-0.15, -0.1) is 11.3 Å². The topological polar surface area (TPSA) is 75.6 Å². The van der Waals surface area contributed by atoms with Crippen LogP contribution in [0.2, 0.25) is 0 Å². The lowest BCUT2D eigenvalue weighted by molar-refractivity contribution is -0.137. The summed E-state index contributed by atoms with van der Waals surface area (Å²) in [7, 11) is 0. The summed E-state index contributed by atoms with van der Waals surface area (Å²) in [5.74, 6) is 0.295. The number of halogens is 4. The molecule has 5 rings (SSSR count). The Labute approximate surface area is 246 Å². The Morgan fingerprint density at radius 3 is 2.66 bits per heavy atom. The molecule has 11 heteroatoms. The van der Waals surface area contributed by atoms with Gasteiger partial charge in [0, 0.05) is 11.1 Å². The maximum Gasteiger partial charge on any atom is 0.416 e. The van der Waals surface area contributed by atoms with Crippen molar-refractivity contribution in [3.8, 4) is 5.75 Å². The van der Waals surface area contributed by atoms with Crippen LogP contribution >= 0.6 is 27.3 Å². The Balaban J connectivity index is 1.12. The van der Waals surface area contributed by atoms with Gasteiger partial charge in [-0.1, -0.05) is 48.5 Å². The SMILES string of the molecule is O=C(Cc1csc(Nc2cccc(C(F)(F)F)c2)n1)N/N=C\c1ccc(OCc2cccc3ccccc23)c(Br)c1. The number of hydrogen-bond acceptors (Lipinski definition) is 6. The molecule has 0 saturated heterocycles. The predicted molar refractivity (Wildman–Crippen MR) is 159 cm³/mol. The first-order valence-electron chi connectivity index (χ1n) is 12.3. The first kappa shape index (κ1) is 28.3. The summed E-state index contributed by atoms with van der Waals surface area (Å²) in [6, 6.07) is 24.6. The molecule has 0 radical (unpaired) electrons. The van der Waals surface area contributed by atoms with Crippen LogP contribution in [-0.4, -0.2) is 17.1 Å². The first-order valence-corrected chi connectivity index (χ1v) is 14.0. The Hall–Kier alpha value is -4.22. The largest absolute Gasteiger partial charge is 0.488 e. The van der Waals surface area contributed by atoms with Crippen molar-refractivity contribution in [2.45, 2.75) is 19.2 Å². The molecule has 0 bridgehead atoms. The number of nitrogens with one attached hydrogen (secondary N) is 2. The Morgan fingerprint density at radius 1 is 1.02 bits per heavy atom. The van der Waals surface area contributed by atoms with E-state index >= 15 is 0 Å². The number of fused-ring (bicyclic) bond motifs is 1. The van der Waals surface area contributed by atoms with Crippen molar-refractivity contribution in [2.24, 2.45) is 5.10 Å². The van der Waals surface area contributed by atoms with Gasteiger partial charge in [0.1, 0.15) is 12.4 Å². The van der Waals surface area contributed by atoms with Crippen LogP contribution in [0.3, 0.4) is 0 Å². The number of thiazole rings is 1. The lowest BCUT2D eigenvalue weighted by atomic mass is 10.1. The molecule has 0 fully saturated rings. The summed E-state index contributed by atoms with van der Waals surface area (Å²) < 4.78 is 45.6. The molecule has 1 heterocycles. The lowest BCUT2D eigenvalue weighted by Crippen LogP contribution is -2.19. The van der Waals surface area contributed by atoms with Crippen molar-refractivity contribution < 1.29 is 22.7 Å². The molecule has 208 valence electrons. The highest BCUT2D eigenvalue weighted by Crippen LogP contribution is 2.32. The molecule has 2 N–H and O–H groups in total. The predicted octanol–water partition coefficient (Wildman–Crippen LogP) is 8.09. The molecule has 0 unspecified atom stereocenters. The van der Waals surface area contributed by atoms with Gasteiger partial charge in [0.25, 0.3) is 0 Å². The van der Waals surface area contributed by atoms with E-state index in [-0.39, 0.29) is 18.0 Å². The quantitative estimate of drug-likeness (QED) is 0.126. The summed E-state index contributed by atoms with van der Waals surface area (Å²) in [5.41, 5.74) is 4.26. The number of nitrogens with zero attached hydrogens (tertiary/aromatic N) is 2. The highest BCUT2D eigenvalue weighted by atomic mass is 79.9. The van der Waals surface area contributed by atoms with Crippen LogP contribution in [0.4, 0.5) is 24.0 Å². The number of hydrogen-bond donors (Lipinski definition) is 2. The maximum atomic E-state index is 12.9. The van der Waals surface area contributed by atoms with Gasteiger partial charge in [-0.25, -0.2) is 10.4 Å². The smallest absolute Gasteiger partial charge is 0.416 e. The van der Waals surface area contributed by atoms with E-state index in [4.69, 9.17) is 4.74 Å². The molecule has 1 aromatic heterocycles. The van der Waals surface area contributed by atoms with Crippen molar-refractivity contribution in [1.29, 1.82) is 0 Å². The molecule has 0 spiro atoms. The molecule has 0 aliphatic rings. The number of ether oxygens (including phenoxy) is 1. The second-order valence-electron chi connectivity index (χ2n) is 8.93. The van der Waals surface area contributed by atoms with Gasteiger partial charge in [0.15, 0.2) is 5.13 Å². The summed E-state index contributed by atoms with van der Waals surface area (Å²) in [6.45, 7) is 0.414. The zero-order chi connectivity index (χ0) is 28.8. The van der Waals surface area contributed by atoms with Crippen molar-refractivity contribution in [2.75, 3.05) is 5.32 Å². The molecular weight excluding hydrogens is 617 g/mol. The fraction of sp³-hybridized carbons (Fsp3) is 0.100. The van der Waals surface area contributed by atoms with Gasteiger partial charge in [0.05, 0.1) is 28.4 Å². The van der Waals surface area contributed by atoms with E-state index in [1.54, 1.807) is 5.38 Å². The monoisotopic (exact) mass is 638 g/mol. The van der Waals surface area contributed by atoms with Gasteiger partial charge in [-0.3, -0.25) is 4.79 Å². The Bertz CT molecular complexity index is 1720. The van der Waals surface area contributed by atoms with E-state index < -0.39 is 11.7 Å². The Kier molecular flexibility index (Phi) is 8.65. The minimum absolute atomic E-state index is 0.0389. The normalized spacial score (nSPS) is 11.6. The molecule has 0 saturated carbocycles. The van der Waals surface area contributed by atoms with Crippen LogP contribution in [0.25, 0.3) is 10.8 Å². The van der Waals surface area contributed by atoms with E-state index in [2.05, 4.69) is 55.0 Å². The third-order valence-electron chi connectivity index (χ3n) is 5.96. The summed E-state index contributed by atoms with van der Waals surface area (Å²) >= 11 is 4.72. The molecule has 0 atom stereocenters. The summed E-state index contributed by atoms with van der Waals surface area (Å²) in [6.07, 6.45) is -2.96. The second kappa shape index (κ2) is 12.5. The minimum atomic E-state index is -4.44. The van der Waals surface area contributed by atoms with Crippen LogP contribution in [0.5, 0.6) is 5.75 Å². The number of benzene rings is 4. The van der Waals surface area contributed by atoms with Gasteiger partial charge in [0.2, 0.25) is 5.91 Å². The average Bonchev–Trinajstić information content (AvgIpc) is 3.38. The van der Waals surface area contributed by atoms with Crippen molar-refractivity contribution in [3.63, 3.8) is 0 Å². The zero-order valence-electron chi connectivity index (χ0n) is 21.3. The number of rotatable bonds is 9. The van der Waals surface area contributed by atoms with E-state index in [9.17, 15) is 18.0 Å². The number of amides is 1. The third kappa shape index (κ3) is 7.50. The highest BCUT2D eigenvalue weighted by molar-refractivity contribution is 9.10. The van der Waals surface area contributed by atoms with E-state index in [1.165, 1.54) is 29.7 Å². The van der Waals surface area contributed by atoms with Crippen LogP contribution in [0, 0.1) is 0 Å². The lowest BCUT2D eigenvalue weighted by Gasteiger charge is -2.11. The fourth-order valence-corrected chi connectivity index (χ4v) is 5.25. The van der Waals surface area contributed by atoms with Crippen LogP contribution in [-0.2, 0) is 24.0 Å². The number of anilines is 2. The molecule has 4 aromatic carbocycles. The average molecular weight is 639 g/mol. The standard InChI is InChI=1S/C30H22BrF3N4O2S/c31-26-13-19(11-12-27(26)40-17-21-7-3-6-20-5-1-2-10-25(20)21)16-35-38-28(39)15-24-18-41-29(37-24)36-23-9-4-8-22(14-23)30(32,33)34/h1-14,16,18H,15,17H2,(H,36,37)(H,38,39)/b35-16-. The zero-order valence-corrected chi connectivity index (χ0v) is 23.7. The summed E-state index contributed by atoms with van der Waals surface area (Å²) in [5, 5.41) is 11.2. The molecule has 6 nitrogen and oxygen atoms in total. The van der Waals surface area contributed by atoms with Gasteiger partial charge in [-0.2, -0.15) is 18.3 Å². The van der Waals surface area contributed by atoms with E-state index in [1.807, 2.05) is 42.5 Å². The van der Waals surface area contributed by atoms with Gasteiger partial charge >= 0.3 is 6.18 Å². The second-order valence-corrected chi connectivity index (χ2v) is 10.6. The number of hydrazone groups is 1. The molecule has 0 aliphatic heterocycles. The molecule has 1 amide bonds. The van der Waals surface area contributed by atoms with Crippen molar-refractivity contribution in [3.05, 3.63) is 117 Å². The van der Waals surface area contributed by atoms with Crippen molar-refractivity contribution in [1.82, 2.24) is 10.4 Å². The van der Waals surface area contributed by atoms with Crippen LogP contribution < -0.4 is 15.5 Å². The minimum Gasteiger partial charge on any atom is -0.488 e.